The van der Waals surface area contributed by atoms with Crippen LogP contribution in [0.2, 0.25) is 0 Å². The quantitative estimate of drug-likeness (QED) is 0.120. The first-order valence-electron chi connectivity index (χ1n) is 23.4. The highest BCUT2D eigenvalue weighted by Gasteiger charge is 2.21. The van der Waals surface area contributed by atoms with Crippen molar-refractivity contribution in [2.75, 3.05) is 0 Å². The molecule has 0 N–H and O–H groups in total. The lowest BCUT2D eigenvalue weighted by Gasteiger charge is -2.18. The minimum absolute atomic E-state index is 0.132. The van der Waals surface area contributed by atoms with Crippen molar-refractivity contribution in [1.82, 2.24) is 19.1 Å². The molecule has 0 aliphatic rings. The van der Waals surface area contributed by atoms with Crippen LogP contribution in [0, 0.1) is 6.33 Å². The van der Waals surface area contributed by atoms with E-state index in [0.717, 1.165) is 27.5 Å². The second-order valence-corrected chi connectivity index (χ2v) is 14.6. The summed E-state index contributed by atoms with van der Waals surface area (Å²) in [4.78, 5) is 9.70. The van der Waals surface area contributed by atoms with E-state index < -0.39 is 60.4 Å². The van der Waals surface area contributed by atoms with E-state index >= 15 is 0 Å². The van der Waals surface area contributed by atoms with Gasteiger partial charge in [-0.15, -0.1) is 0 Å². The number of rotatable bonds is 7. The van der Waals surface area contributed by atoms with Crippen LogP contribution in [0.3, 0.4) is 0 Å². The fourth-order valence-corrected chi connectivity index (χ4v) is 7.30. The van der Waals surface area contributed by atoms with Gasteiger partial charge in [0.25, 0.3) is 6.33 Å². The van der Waals surface area contributed by atoms with E-state index in [-0.39, 0.29) is 33.4 Å². The number of fused-ring (bicyclic) bond motifs is 4. The molecule has 57 heavy (non-hydrogen) atoms. The second kappa shape index (κ2) is 13.8. The molecule has 0 aliphatic carbocycles. The first-order chi connectivity index (χ1) is 32.0. The number of aromatic nitrogens is 5. The molecule has 0 amide bonds. The summed E-state index contributed by atoms with van der Waals surface area (Å²) in [5.74, 6) is 1.61. The van der Waals surface area contributed by atoms with Crippen LogP contribution in [-0.4, -0.2) is 19.1 Å². The van der Waals surface area contributed by atoms with Gasteiger partial charge in [-0.25, -0.2) is 9.97 Å². The summed E-state index contributed by atoms with van der Waals surface area (Å²) < 4.78 is 98.8. The molecule has 0 atom stereocenters. The van der Waals surface area contributed by atoms with Gasteiger partial charge < -0.3 is 4.74 Å². The molecule has 0 radical (unpaired) electrons. The Balaban J connectivity index is 1.15. The maximum absolute atomic E-state index is 8.99. The van der Waals surface area contributed by atoms with E-state index in [1.165, 1.54) is 0 Å². The van der Waals surface area contributed by atoms with Gasteiger partial charge in [0.1, 0.15) is 11.5 Å². The molecule has 6 heteroatoms. The standard InChI is InChI=1S/C51H39N5O/c1-51(2,3)48-30-31-52-50(53-48)56-44-25-11-10-22-42(44)43-29-28-39(33-47(43)56)57-38-21-14-20-37(32-38)54-34-55(46-27-13-12-26-45(46)54)49-40(35-16-6-4-7-17-35)23-15-24-41(49)36-18-8-5-9-19-36/h4-33H,1-3H3/i4D,5D,6D,7D,8D,9D,16D,17D,18D,19D. The fourth-order valence-electron chi connectivity index (χ4n) is 7.30. The molecule has 0 bridgehead atoms. The molecule has 7 aromatic carbocycles. The van der Waals surface area contributed by atoms with E-state index in [0.29, 0.717) is 34.2 Å². The summed E-state index contributed by atoms with van der Waals surface area (Å²) in [6.45, 7) is 6.35. The van der Waals surface area contributed by atoms with Crippen LogP contribution < -0.4 is 9.30 Å². The lowest BCUT2D eigenvalue weighted by Crippen LogP contribution is -2.31. The zero-order valence-electron chi connectivity index (χ0n) is 41.2. The van der Waals surface area contributed by atoms with Crippen LogP contribution >= 0.6 is 0 Å². The number of hydrogen-bond acceptors (Lipinski definition) is 3. The van der Waals surface area contributed by atoms with Gasteiger partial charge in [0, 0.05) is 28.5 Å². The van der Waals surface area contributed by atoms with Crippen molar-refractivity contribution in [3.8, 4) is 51.1 Å². The third kappa shape index (κ3) is 6.12. The van der Waals surface area contributed by atoms with E-state index in [9.17, 15) is 0 Å². The summed E-state index contributed by atoms with van der Waals surface area (Å²) in [6.07, 6.45) is 5.21. The average Bonchev–Trinajstić information content (AvgIpc) is 3.87. The monoisotopic (exact) mass is 747 g/mol. The third-order valence-electron chi connectivity index (χ3n) is 9.93. The smallest absolute Gasteiger partial charge is 0.269 e. The lowest BCUT2D eigenvalue weighted by molar-refractivity contribution is -0.571. The molecule has 3 aromatic heterocycles. The predicted molar refractivity (Wildman–Crippen MR) is 230 cm³/mol. The van der Waals surface area contributed by atoms with Crippen molar-refractivity contribution in [3.63, 3.8) is 0 Å². The fraction of sp³-hybridized carbons (Fsp3) is 0.0784. The zero-order valence-corrected chi connectivity index (χ0v) is 31.2. The Morgan fingerprint density at radius 1 is 0.632 bits per heavy atom. The van der Waals surface area contributed by atoms with Crippen molar-refractivity contribution in [1.29, 1.82) is 0 Å². The lowest BCUT2D eigenvalue weighted by atomic mass is 9.92. The molecular weight excluding hydrogens is 699 g/mol. The molecule has 0 saturated heterocycles. The number of imidazole rings is 1. The van der Waals surface area contributed by atoms with Gasteiger partial charge in [0.15, 0.2) is 0 Å². The molecule has 0 fully saturated rings. The Labute approximate surface area is 345 Å². The predicted octanol–water partition coefficient (Wildman–Crippen LogP) is 12.0. The Kier molecular flexibility index (Phi) is 6.03. The van der Waals surface area contributed by atoms with E-state index in [2.05, 4.69) is 33.2 Å². The molecule has 10 rings (SSSR count). The maximum Gasteiger partial charge on any atom is 0.269 e. The molecule has 0 saturated carbocycles. The Morgan fingerprint density at radius 2 is 1.28 bits per heavy atom. The van der Waals surface area contributed by atoms with Crippen LogP contribution in [0.25, 0.3) is 72.4 Å². The first kappa shape index (κ1) is 25.0. The molecule has 0 spiro atoms. The van der Waals surface area contributed by atoms with Crippen LogP contribution in [0.1, 0.15) is 40.2 Å². The van der Waals surface area contributed by atoms with Gasteiger partial charge in [-0.2, -0.15) is 0 Å². The van der Waals surface area contributed by atoms with Crippen LogP contribution in [0.15, 0.2) is 182 Å². The van der Waals surface area contributed by atoms with Crippen LogP contribution in [-0.2, 0) is 5.41 Å². The summed E-state index contributed by atoms with van der Waals surface area (Å²) in [6, 6.07) is 30.3. The molecule has 0 unspecified atom stereocenters. The van der Waals surface area contributed by atoms with Crippen molar-refractivity contribution in [3.05, 3.63) is 194 Å². The van der Waals surface area contributed by atoms with E-state index in [4.69, 9.17) is 28.4 Å². The minimum Gasteiger partial charge on any atom is -0.458 e. The zero-order chi connectivity index (χ0) is 47.2. The number of ether oxygens (including phenoxy) is 1. The van der Waals surface area contributed by atoms with Crippen molar-refractivity contribution in [2.24, 2.45) is 0 Å². The number of para-hydroxylation sites is 4. The normalized spacial score (nSPS) is 14.2. The van der Waals surface area contributed by atoms with Gasteiger partial charge in [-0.3, -0.25) is 13.7 Å². The van der Waals surface area contributed by atoms with Crippen molar-refractivity contribution < 1.29 is 23.0 Å². The van der Waals surface area contributed by atoms with E-state index in [1.807, 2.05) is 95.6 Å². The van der Waals surface area contributed by atoms with Gasteiger partial charge >= 0.3 is 0 Å². The van der Waals surface area contributed by atoms with Gasteiger partial charge in [-0.1, -0.05) is 148 Å². The Morgan fingerprint density at radius 3 is 2.02 bits per heavy atom. The molecule has 10 aromatic rings. The summed E-state index contributed by atoms with van der Waals surface area (Å²) in [5.41, 5.74) is 4.58. The van der Waals surface area contributed by atoms with Gasteiger partial charge in [-0.05, 0) is 64.7 Å². The maximum atomic E-state index is 8.99. The highest BCUT2D eigenvalue weighted by atomic mass is 16.5. The Bertz CT molecular complexity index is 3540. The highest BCUT2D eigenvalue weighted by molar-refractivity contribution is 6.09. The molecule has 0 aliphatic heterocycles. The van der Waals surface area contributed by atoms with Gasteiger partial charge in [0.05, 0.1) is 52.8 Å². The highest BCUT2D eigenvalue weighted by Crippen LogP contribution is 2.37. The molecule has 6 nitrogen and oxygen atoms in total. The third-order valence-corrected chi connectivity index (χ3v) is 9.93. The van der Waals surface area contributed by atoms with Crippen molar-refractivity contribution >= 4 is 32.8 Å². The molecule has 274 valence electrons. The number of nitrogens with zero attached hydrogens (tertiary/aromatic N) is 5. The van der Waals surface area contributed by atoms with E-state index in [1.54, 1.807) is 33.5 Å². The minimum atomic E-state index is -0.567. The summed E-state index contributed by atoms with van der Waals surface area (Å²) in [5, 5.41) is 2.05. The summed E-state index contributed by atoms with van der Waals surface area (Å²) >= 11 is 0. The topological polar surface area (TPSA) is 48.8 Å². The Hall–Kier alpha value is -7.31. The molecule has 3 heterocycles. The van der Waals surface area contributed by atoms with Crippen LogP contribution in [0.4, 0.5) is 0 Å². The largest absolute Gasteiger partial charge is 0.458 e. The van der Waals surface area contributed by atoms with Gasteiger partial charge in [0.2, 0.25) is 5.95 Å². The van der Waals surface area contributed by atoms with Crippen molar-refractivity contribution in [2.45, 2.75) is 26.2 Å². The first-order valence-corrected chi connectivity index (χ1v) is 18.4. The summed E-state index contributed by atoms with van der Waals surface area (Å²) in [7, 11) is 0. The second-order valence-electron chi connectivity index (χ2n) is 14.6. The average molecular weight is 748 g/mol. The van der Waals surface area contributed by atoms with Crippen LogP contribution in [0.5, 0.6) is 11.5 Å². The molecular formula is C51H39N5O. The number of hydrogen-bond donors (Lipinski definition) is 0. The number of benzene rings is 7. The SMILES string of the molecule is [2H]c1c([2H])c([2H])c(-c2cccc(-c3c([2H])c([2H])c([2H])c([2H])c3[2H])c2-[n+]2[c-]n(-c3cccc(Oc4ccc5c6ccccc6n(-c6nccc(C(C)(C)C)n6)c5c4)c3)c3ccccc32)c([2H])c1[2H].